The molecule has 0 unspecified atom stereocenters. The second-order valence-corrected chi connectivity index (χ2v) is 5.04. The smallest absolute Gasteiger partial charge is 0.142 e. The van der Waals surface area contributed by atoms with Crippen LogP contribution in [0, 0.1) is 0 Å². The molecule has 1 aliphatic rings. The molecule has 1 aliphatic carbocycles. The van der Waals surface area contributed by atoms with Crippen LogP contribution in [0.15, 0.2) is 30.4 Å². The van der Waals surface area contributed by atoms with Crippen LogP contribution in [0.25, 0.3) is 0 Å². The minimum Gasteiger partial charge on any atom is -0.487 e. The van der Waals surface area contributed by atoms with Gasteiger partial charge in [-0.05, 0) is 31.4 Å². The van der Waals surface area contributed by atoms with Crippen LogP contribution < -0.4 is 10.1 Å². The van der Waals surface area contributed by atoms with Gasteiger partial charge in [-0.3, -0.25) is 0 Å². The Morgan fingerprint density at radius 3 is 2.94 bits per heavy atom. The Kier molecular flexibility index (Phi) is 4.08. The maximum absolute atomic E-state index is 6.16. The summed E-state index contributed by atoms with van der Waals surface area (Å²) in [4.78, 5) is 0. The van der Waals surface area contributed by atoms with Gasteiger partial charge in [0.25, 0.3) is 0 Å². The zero-order chi connectivity index (χ0) is 12.3. The molecule has 0 aliphatic heterocycles. The summed E-state index contributed by atoms with van der Waals surface area (Å²) in [5.41, 5.74) is 2.11. The van der Waals surface area contributed by atoms with E-state index in [-0.39, 0.29) is 0 Å². The lowest BCUT2D eigenvalue weighted by atomic mass is 10.2. The first kappa shape index (κ1) is 12.5. The normalized spacial score (nSPS) is 14.7. The van der Waals surface area contributed by atoms with Crippen molar-refractivity contribution in [2.24, 2.45) is 0 Å². The molecule has 92 valence electrons. The van der Waals surface area contributed by atoms with Gasteiger partial charge in [0.05, 0.1) is 5.02 Å². The van der Waals surface area contributed by atoms with Crippen molar-refractivity contribution in [1.29, 1.82) is 0 Å². The highest BCUT2D eigenvalue weighted by molar-refractivity contribution is 6.32. The van der Waals surface area contributed by atoms with Gasteiger partial charge in [0.1, 0.15) is 12.4 Å². The molecule has 1 aromatic rings. The topological polar surface area (TPSA) is 21.3 Å². The van der Waals surface area contributed by atoms with Crippen molar-refractivity contribution < 1.29 is 4.74 Å². The molecule has 0 amide bonds. The highest BCUT2D eigenvalue weighted by Gasteiger charge is 2.21. The van der Waals surface area contributed by atoms with Crippen molar-refractivity contribution in [2.45, 2.75) is 32.4 Å². The third-order valence-electron chi connectivity index (χ3n) is 2.67. The number of ether oxygens (including phenoxy) is 1. The van der Waals surface area contributed by atoms with E-state index in [0.717, 1.165) is 23.4 Å². The van der Waals surface area contributed by atoms with Crippen LogP contribution >= 0.6 is 11.6 Å². The molecule has 0 saturated heterocycles. The van der Waals surface area contributed by atoms with E-state index in [1.54, 1.807) is 0 Å². The Hall–Kier alpha value is -0.990. The molecule has 0 bridgehead atoms. The molecule has 2 rings (SSSR count). The molecular formula is C14H18ClNO. The molecule has 0 atom stereocenters. The van der Waals surface area contributed by atoms with Crippen LogP contribution in [0.3, 0.4) is 0 Å². The number of hydrogen-bond donors (Lipinski definition) is 1. The quantitative estimate of drug-likeness (QED) is 0.781. The summed E-state index contributed by atoms with van der Waals surface area (Å²) in [6, 6.07) is 6.55. The predicted octanol–water partition coefficient (Wildman–Crippen LogP) is 3.55. The average molecular weight is 252 g/mol. The van der Waals surface area contributed by atoms with Crippen molar-refractivity contribution in [3.63, 3.8) is 0 Å². The average Bonchev–Trinajstić information content (AvgIpc) is 3.08. The number of para-hydroxylation sites is 1. The Bertz CT molecular complexity index is 413. The predicted molar refractivity (Wildman–Crippen MR) is 71.6 cm³/mol. The molecule has 0 heterocycles. The summed E-state index contributed by atoms with van der Waals surface area (Å²) in [6.07, 6.45) is 2.56. The summed E-state index contributed by atoms with van der Waals surface area (Å²) in [5.74, 6) is 0.783. The Labute approximate surface area is 108 Å². The first-order chi connectivity index (χ1) is 8.16. The van der Waals surface area contributed by atoms with Crippen molar-refractivity contribution in [1.82, 2.24) is 5.32 Å². The van der Waals surface area contributed by atoms with Gasteiger partial charge in [0, 0.05) is 18.2 Å². The van der Waals surface area contributed by atoms with Crippen LogP contribution in [-0.4, -0.2) is 12.6 Å². The van der Waals surface area contributed by atoms with Gasteiger partial charge < -0.3 is 10.1 Å². The lowest BCUT2D eigenvalue weighted by Crippen LogP contribution is -2.16. The van der Waals surface area contributed by atoms with E-state index in [0.29, 0.717) is 17.7 Å². The summed E-state index contributed by atoms with van der Waals surface area (Å²) < 4.78 is 5.71. The van der Waals surface area contributed by atoms with Crippen molar-refractivity contribution in [3.05, 3.63) is 40.9 Å². The lowest BCUT2D eigenvalue weighted by molar-refractivity contribution is 0.348. The van der Waals surface area contributed by atoms with Gasteiger partial charge in [-0.25, -0.2) is 0 Å². The fourth-order valence-corrected chi connectivity index (χ4v) is 1.84. The van der Waals surface area contributed by atoms with Crippen molar-refractivity contribution in [2.75, 3.05) is 6.61 Å². The number of halogens is 1. The zero-order valence-electron chi connectivity index (χ0n) is 10.1. The van der Waals surface area contributed by atoms with Crippen LogP contribution in [0.4, 0.5) is 0 Å². The molecular weight excluding hydrogens is 234 g/mol. The Morgan fingerprint density at radius 1 is 1.53 bits per heavy atom. The first-order valence-electron chi connectivity index (χ1n) is 5.95. The number of benzene rings is 1. The Morgan fingerprint density at radius 2 is 2.29 bits per heavy atom. The summed E-state index contributed by atoms with van der Waals surface area (Å²) >= 11 is 6.16. The minimum absolute atomic E-state index is 0.514. The molecule has 0 aromatic heterocycles. The van der Waals surface area contributed by atoms with Gasteiger partial charge in [0.15, 0.2) is 0 Å². The van der Waals surface area contributed by atoms with Gasteiger partial charge in [-0.15, -0.1) is 0 Å². The summed E-state index contributed by atoms with van der Waals surface area (Å²) in [6.45, 7) is 7.10. The molecule has 0 spiro atoms. The number of hydrogen-bond acceptors (Lipinski definition) is 2. The van der Waals surface area contributed by atoms with E-state index in [1.807, 2.05) is 19.1 Å². The van der Waals surface area contributed by atoms with E-state index in [1.165, 1.54) is 12.8 Å². The summed E-state index contributed by atoms with van der Waals surface area (Å²) in [7, 11) is 0. The molecule has 17 heavy (non-hydrogen) atoms. The van der Waals surface area contributed by atoms with Gasteiger partial charge >= 0.3 is 0 Å². The third kappa shape index (κ3) is 3.76. The van der Waals surface area contributed by atoms with Gasteiger partial charge in [-0.1, -0.05) is 30.3 Å². The lowest BCUT2D eigenvalue weighted by Gasteiger charge is -2.13. The largest absolute Gasteiger partial charge is 0.487 e. The van der Waals surface area contributed by atoms with Gasteiger partial charge in [-0.2, -0.15) is 0 Å². The van der Waals surface area contributed by atoms with E-state index >= 15 is 0 Å². The van der Waals surface area contributed by atoms with E-state index in [2.05, 4.69) is 18.0 Å². The second-order valence-electron chi connectivity index (χ2n) is 4.63. The molecule has 1 fully saturated rings. The highest BCUT2D eigenvalue weighted by atomic mass is 35.5. The third-order valence-corrected chi connectivity index (χ3v) is 2.97. The maximum atomic E-state index is 6.16. The van der Waals surface area contributed by atoms with Crippen LogP contribution in [0.5, 0.6) is 5.75 Å². The molecule has 3 heteroatoms. The summed E-state index contributed by atoms with van der Waals surface area (Å²) in [5, 5.41) is 4.13. The van der Waals surface area contributed by atoms with E-state index in [4.69, 9.17) is 16.3 Å². The molecule has 1 N–H and O–H groups in total. The van der Waals surface area contributed by atoms with Crippen LogP contribution in [0.2, 0.25) is 5.02 Å². The standard InChI is InChI=1S/C14H18ClNO/c1-10(2)9-17-14-11(4-3-5-13(14)15)8-16-12-6-7-12/h3-5,12,16H,1,6-9H2,2H3. The van der Waals surface area contributed by atoms with Crippen molar-refractivity contribution >= 4 is 11.6 Å². The number of rotatable bonds is 6. The molecule has 0 radical (unpaired) electrons. The fourth-order valence-electron chi connectivity index (χ4n) is 1.59. The minimum atomic E-state index is 0.514. The fraction of sp³-hybridized carbons (Fsp3) is 0.429. The van der Waals surface area contributed by atoms with Crippen LogP contribution in [-0.2, 0) is 6.54 Å². The van der Waals surface area contributed by atoms with E-state index < -0.39 is 0 Å². The SMILES string of the molecule is C=C(C)COc1c(Cl)cccc1CNC1CC1. The first-order valence-corrected chi connectivity index (χ1v) is 6.32. The van der Waals surface area contributed by atoms with Crippen LogP contribution in [0.1, 0.15) is 25.3 Å². The molecule has 1 aromatic carbocycles. The molecule has 2 nitrogen and oxygen atoms in total. The van der Waals surface area contributed by atoms with E-state index in [9.17, 15) is 0 Å². The maximum Gasteiger partial charge on any atom is 0.142 e. The van der Waals surface area contributed by atoms with Gasteiger partial charge in [0.2, 0.25) is 0 Å². The molecule has 1 saturated carbocycles. The Balaban J connectivity index is 2.05. The monoisotopic (exact) mass is 251 g/mol. The highest BCUT2D eigenvalue weighted by Crippen LogP contribution is 2.30. The van der Waals surface area contributed by atoms with Crippen molar-refractivity contribution in [3.8, 4) is 5.75 Å². The number of nitrogens with one attached hydrogen (secondary N) is 1. The second kappa shape index (κ2) is 5.56. The zero-order valence-corrected chi connectivity index (χ0v) is 10.9.